The quantitative estimate of drug-likeness (QED) is 0.169. The smallest absolute Gasteiger partial charge is 0.305 e. The summed E-state index contributed by atoms with van der Waals surface area (Å²) in [6.07, 6.45) is 3.42. The number of aliphatic imine (C=N–C) groups is 1. The zero-order valence-electron chi connectivity index (χ0n) is 15.2. The molecule has 0 radical (unpaired) electrons. The van der Waals surface area contributed by atoms with Gasteiger partial charge < -0.3 is 20.1 Å². The highest BCUT2D eigenvalue weighted by Crippen LogP contribution is 2.09. The number of hydrogen-bond acceptors (Lipinski definition) is 4. The van der Waals surface area contributed by atoms with Crippen LogP contribution in [0.4, 0.5) is 0 Å². The lowest BCUT2D eigenvalue weighted by atomic mass is 10.0. The summed E-state index contributed by atoms with van der Waals surface area (Å²) in [4.78, 5) is 15.2. The first-order valence-electron chi connectivity index (χ1n) is 8.18. The second kappa shape index (κ2) is 16.3. The molecule has 0 aromatic carbocycles. The van der Waals surface area contributed by atoms with Crippen molar-refractivity contribution in [2.75, 3.05) is 33.9 Å². The molecule has 0 aromatic rings. The molecule has 138 valence electrons. The second-order valence-corrected chi connectivity index (χ2v) is 5.49. The Morgan fingerprint density at radius 3 is 2.35 bits per heavy atom. The predicted octanol–water partition coefficient (Wildman–Crippen LogP) is 2.56. The minimum Gasteiger partial charge on any atom is -0.469 e. The summed E-state index contributed by atoms with van der Waals surface area (Å²) in [6, 6.07) is 0. The molecular weight excluding hydrogens is 409 g/mol. The Bertz CT molecular complexity index is 326. The summed E-state index contributed by atoms with van der Waals surface area (Å²) >= 11 is 0. The van der Waals surface area contributed by atoms with Crippen LogP contribution in [-0.4, -0.2) is 51.9 Å². The molecule has 0 amide bonds. The van der Waals surface area contributed by atoms with E-state index in [0.29, 0.717) is 12.3 Å². The van der Waals surface area contributed by atoms with E-state index in [2.05, 4.69) is 34.2 Å². The Labute approximate surface area is 158 Å². The van der Waals surface area contributed by atoms with Crippen molar-refractivity contribution < 1.29 is 14.3 Å². The van der Waals surface area contributed by atoms with E-state index in [1.807, 2.05) is 6.92 Å². The van der Waals surface area contributed by atoms with Gasteiger partial charge in [-0.3, -0.25) is 9.79 Å². The first kappa shape index (κ1) is 24.7. The second-order valence-electron chi connectivity index (χ2n) is 5.49. The van der Waals surface area contributed by atoms with E-state index in [4.69, 9.17) is 4.74 Å². The normalized spacial score (nSPS) is 12.5. The molecule has 0 fully saturated rings. The Morgan fingerprint density at radius 2 is 1.83 bits per heavy atom. The van der Waals surface area contributed by atoms with Gasteiger partial charge in [-0.05, 0) is 32.1 Å². The number of ether oxygens (including phenoxy) is 2. The highest BCUT2D eigenvalue weighted by molar-refractivity contribution is 14.0. The van der Waals surface area contributed by atoms with Crippen LogP contribution in [0.5, 0.6) is 0 Å². The molecule has 0 saturated heterocycles. The Balaban J connectivity index is 0. The van der Waals surface area contributed by atoms with Gasteiger partial charge in [0.05, 0.1) is 13.2 Å². The van der Waals surface area contributed by atoms with E-state index >= 15 is 0 Å². The van der Waals surface area contributed by atoms with Crippen LogP contribution in [0.1, 0.15) is 46.5 Å². The van der Waals surface area contributed by atoms with Crippen LogP contribution >= 0.6 is 24.0 Å². The summed E-state index contributed by atoms with van der Waals surface area (Å²) < 4.78 is 10.3. The lowest BCUT2D eigenvalue weighted by Gasteiger charge is -2.21. The minimum atomic E-state index is -0.154. The van der Waals surface area contributed by atoms with Gasteiger partial charge in [-0.2, -0.15) is 0 Å². The number of guanidine groups is 1. The first-order valence-corrected chi connectivity index (χ1v) is 8.18. The van der Waals surface area contributed by atoms with Crippen LogP contribution < -0.4 is 10.6 Å². The maximum Gasteiger partial charge on any atom is 0.305 e. The Morgan fingerprint density at radius 1 is 1.17 bits per heavy atom. The molecule has 0 aliphatic carbocycles. The molecular formula is C16H34IN3O3. The minimum absolute atomic E-state index is 0. The molecule has 0 rings (SSSR count). The van der Waals surface area contributed by atoms with Crippen molar-refractivity contribution in [1.29, 1.82) is 0 Å². The van der Waals surface area contributed by atoms with Crippen LogP contribution in [0.3, 0.4) is 0 Å². The molecule has 2 N–H and O–H groups in total. The largest absolute Gasteiger partial charge is 0.469 e. The van der Waals surface area contributed by atoms with E-state index in [1.54, 1.807) is 7.05 Å². The Hall–Kier alpha value is -0.570. The third kappa shape index (κ3) is 13.6. The number of esters is 1. The Kier molecular flexibility index (Phi) is 17.5. The monoisotopic (exact) mass is 443 g/mol. The van der Waals surface area contributed by atoms with Gasteiger partial charge in [0.1, 0.15) is 0 Å². The summed E-state index contributed by atoms with van der Waals surface area (Å²) in [5.41, 5.74) is 0. The van der Waals surface area contributed by atoms with Crippen LogP contribution in [0, 0.1) is 5.92 Å². The van der Waals surface area contributed by atoms with Gasteiger partial charge in [0.15, 0.2) is 5.96 Å². The zero-order chi connectivity index (χ0) is 16.8. The molecule has 0 heterocycles. The SMILES string of the molecule is CCOC(CCNC(=NC)NCCCCC(=O)OC)C(C)C.I. The van der Waals surface area contributed by atoms with Crippen LogP contribution in [0.2, 0.25) is 0 Å². The molecule has 1 unspecified atom stereocenters. The fraction of sp³-hybridized carbons (Fsp3) is 0.875. The van der Waals surface area contributed by atoms with Crippen molar-refractivity contribution in [1.82, 2.24) is 10.6 Å². The van der Waals surface area contributed by atoms with Crippen molar-refractivity contribution in [2.24, 2.45) is 10.9 Å². The summed E-state index contributed by atoms with van der Waals surface area (Å²) in [6.45, 7) is 8.73. The average Bonchev–Trinajstić information content (AvgIpc) is 2.51. The van der Waals surface area contributed by atoms with Crippen molar-refractivity contribution in [3.05, 3.63) is 0 Å². The third-order valence-corrected chi connectivity index (χ3v) is 3.40. The number of halogens is 1. The number of nitrogens with one attached hydrogen (secondary N) is 2. The third-order valence-electron chi connectivity index (χ3n) is 3.40. The number of carbonyl (C=O) groups is 1. The number of hydrogen-bond donors (Lipinski definition) is 2. The highest BCUT2D eigenvalue weighted by atomic mass is 127. The molecule has 1 atom stereocenters. The van der Waals surface area contributed by atoms with Crippen molar-refractivity contribution in [2.45, 2.75) is 52.6 Å². The fourth-order valence-corrected chi connectivity index (χ4v) is 2.08. The molecule has 0 saturated carbocycles. The van der Waals surface area contributed by atoms with E-state index in [0.717, 1.165) is 44.9 Å². The fourth-order valence-electron chi connectivity index (χ4n) is 2.08. The van der Waals surface area contributed by atoms with E-state index in [9.17, 15) is 4.79 Å². The molecule has 0 aliphatic rings. The van der Waals surface area contributed by atoms with Crippen molar-refractivity contribution in [3.63, 3.8) is 0 Å². The van der Waals surface area contributed by atoms with E-state index in [1.165, 1.54) is 7.11 Å². The van der Waals surface area contributed by atoms with Gasteiger partial charge in [0.25, 0.3) is 0 Å². The summed E-state index contributed by atoms with van der Waals surface area (Å²) in [5.74, 6) is 1.14. The molecule has 7 heteroatoms. The zero-order valence-corrected chi connectivity index (χ0v) is 17.5. The lowest BCUT2D eigenvalue weighted by Crippen LogP contribution is -2.39. The first-order chi connectivity index (χ1) is 10.5. The van der Waals surface area contributed by atoms with Crippen molar-refractivity contribution >= 4 is 35.9 Å². The summed E-state index contributed by atoms with van der Waals surface area (Å²) in [7, 11) is 3.17. The van der Waals surface area contributed by atoms with Gasteiger partial charge in [-0.25, -0.2) is 0 Å². The van der Waals surface area contributed by atoms with E-state index in [-0.39, 0.29) is 36.0 Å². The van der Waals surface area contributed by atoms with Crippen molar-refractivity contribution in [3.8, 4) is 0 Å². The number of unbranched alkanes of at least 4 members (excludes halogenated alkanes) is 1. The van der Waals surface area contributed by atoms with Gasteiger partial charge >= 0.3 is 5.97 Å². The van der Waals surface area contributed by atoms with Crippen LogP contribution in [0.15, 0.2) is 4.99 Å². The number of methoxy groups -OCH3 is 1. The molecule has 6 nitrogen and oxygen atoms in total. The maximum absolute atomic E-state index is 11.0. The van der Waals surface area contributed by atoms with Gasteiger partial charge in [-0.1, -0.05) is 13.8 Å². The standard InChI is InChI=1S/C16H33N3O3.HI/c1-6-22-14(13(2)3)10-12-19-16(17-4)18-11-8-7-9-15(20)21-5;/h13-14H,6-12H2,1-5H3,(H2,17,18,19);1H. The predicted molar refractivity (Wildman–Crippen MR) is 106 cm³/mol. The molecule has 0 aliphatic heterocycles. The van der Waals surface area contributed by atoms with Gasteiger partial charge in [0, 0.05) is 33.2 Å². The molecule has 0 aromatic heterocycles. The van der Waals surface area contributed by atoms with Crippen LogP contribution in [0.25, 0.3) is 0 Å². The highest BCUT2D eigenvalue weighted by Gasteiger charge is 2.12. The van der Waals surface area contributed by atoms with Crippen LogP contribution in [-0.2, 0) is 14.3 Å². The molecule has 0 spiro atoms. The topological polar surface area (TPSA) is 72.0 Å². The van der Waals surface area contributed by atoms with Gasteiger partial charge in [-0.15, -0.1) is 24.0 Å². The molecule has 23 heavy (non-hydrogen) atoms. The number of nitrogens with zero attached hydrogens (tertiary/aromatic N) is 1. The maximum atomic E-state index is 11.0. The number of carbonyl (C=O) groups excluding carboxylic acids is 1. The summed E-state index contributed by atoms with van der Waals surface area (Å²) in [5, 5.41) is 6.53. The number of rotatable bonds is 11. The lowest BCUT2D eigenvalue weighted by molar-refractivity contribution is -0.140. The molecule has 0 bridgehead atoms. The average molecular weight is 443 g/mol. The van der Waals surface area contributed by atoms with E-state index < -0.39 is 0 Å². The van der Waals surface area contributed by atoms with Gasteiger partial charge in [0.2, 0.25) is 0 Å².